The van der Waals surface area contributed by atoms with Gasteiger partial charge >= 0.3 is 0 Å². The molecule has 1 atom stereocenters. The van der Waals surface area contributed by atoms with Gasteiger partial charge in [0, 0.05) is 0 Å². The van der Waals surface area contributed by atoms with Crippen molar-refractivity contribution in [3.8, 4) is 11.5 Å². The monoisotopic (exact) mass is 208 g/mol. The summed E-state index contributed by atoms with van der Waals surface area (Å²) in [5.41, 5.74) is 4.09. The van der Waals surface area contributed by atoms with Crippen LogP contribution in [-0.4, -0.2) is 8.07 Å². The molecule has 0 aliphatic heterocycles. The minimum atomic E-state index is -1.36. The van der Waals surface area contributed by atoms with E-state index < -0.39 is 8.07 Å². The van der Waals surface area contributed by atoms with Crippen LogP contribution >= 0.6 is 0 Å². The lowest BCUT2D eigenvalue weighted by Gasteiger charge is -2.24. The normalized spacial score (nSPS) is 12.9. The maximum atomic E-state index is 3.96. The number of rotatable bonds is 6. The zero-order valence-corrected chi connectivity index (χ0v) is 11.2. The van der Waals surface area contributed by atoms with Gasteiger partial charge in [-0.2, -0.15) is 0 Å². The molecule has 0 bridgehead atoms. The van der Waals surface area contributed by atoms with Gasteiger partial charge in [0.2, 0.25) is 0 Å². The van der Waals surface area contributed by atoms with Crippen LogP contribution in [0.3, 0.4) is 0 Å². The smallest absolute Gasteiger partial charge is 0.131 e. The van der Waals surface area contributed by atoms with E-state index in [0.717, 1.165) is 0 Å². The molecule has 0 aliphatic carbocycles. The molecule has 0 radical (unpaired) electrons. The molecular weight excluding hydrogens is 184 g/mol. The Hall–Kier alpha value is -0.483. The molecule has 0 saturated carbocycles. The highest BCUT2D eigenvalue weighted by atomic mass is 28.3. The van der Waals surface area contributed by atoms with Crippen LogP contribution in [0.1, 0.15) is 39.5 Å². The van der Waals surface area contributed by atoms with Crippen LogP contribution in [0, 0.1) is 11.5 Å². The van der Waals surface area contributed by atoms with Crippen LogP contribution < -0.4 is 0 Å². The molecule has 0 saturated heterocycles. The summed E-state index contributed by atoms with van der Waals surface area (Å²) in [5, 5.41) is 0. The first-order valence-corrected chi connectivity index (χ1v) is 8.72. The van der Waals surface area contributed by atoms with Crippen LogP contribution in [0.25, 0.3) is 0 Å². The van der Waals surface area contributed by atoms with Gasteiger partial charge in [-0.3, -0.25) is 0 Å². The second-order valence-electron chi connectivity index (χ2n) is 4.43. The molecule has 0 aromatic heterocycles. The maximum absolute atomic E-state index is 3.96. The van der Waals surface area contributed by atoms with Gasteiger partial charge in [-0.25, -0.2) is 0 Å². The van der Waals surface area contributed by atoms with Gasteiger partial charge in [-0.15, -0.1) is 18.0 Å². The van der Waals surface area contributed by atoms with Crippen LogP contribution in [0.4, 0.5) is 0 Å². The van der Waals surface area contributed by atoms with Crippen molar-refractivity contribution in [1.29, 1.82) is 0 Å². The molecule has 0 heterocycles. The summed E-state index contributed by atoms with van der Waals surface area (Å²) in [5.74, 6) is 3.08. The average Bonchev–Trinajstić information content (AvgIpc) is 2.12. The van der Waals surface area contributed by atoms with Gasteiger partial charge in [-0.1, -0.05) is 45.4 Å². The van der Waals surface area contributed by atoms with Gasteiger partial charge in [-0.05, 0) is 18.9 Å². The van der Waals surface area contributed by atoms with Gasteiger partial charge in [0.15, 0.2) is 0 Å². The molecule has 0 rings (SSSR count). The Morgan fingerprint density at radius 1 is 1.36 bits per heavy atom. The highest BCUT2D eigenvalue weighted by Gasteiger charge is 2.27. The van der Waals surface area contributed by atoms with Gasteiger partial charge in [0.05, 0.1) is 0 Å². The minimum absolute atomic E-state index is 0.668. The third-order valence-electron chi connectivity index (χ3n) is 2.78. The van der Waals surface area contributed by atoms with E-state index in [1.54, 1.807) is 0 Å². The molecule has 0 nitrogen and oxygen atoms in total. The molecule has 1 unspecified atom stereocenters. The molecule has 0 N–H and O–H groups in total. The highest BCUT2D eigenvalue weighted by Crippen LogP contribution is 2.28. The standard InChI is InChI=1S/C13H24Si/c1-6-9-10-11-13(8-3)14(4,5)12-7-2/h8,13H,3,6,9-11H2,1-2,4-5H3. The summed E-state index contributed by atoms with van der Waals surface area (Å²) in [4.78, 5) is 0. The quantitative estimate of drug-likeness (QED) is 0.263. The number of hydrogen-bond acceptors (Lipinski definition) is 0. The van der Waals surface area contributed by atoms with Gasteiger partial charge in [0.1, 0.15) is 8.07 Å². The lowest BCUT2D eigenvalue weighted by atomic mass is 10.1. The zero-order chi connectivity index (χ0) is 11.0. The third-order valence-corrected chi connectivity index (χ3v) is 6.05. The molecule has 0 aliphatic rings. The third kappa shape index (κ3) is 4.67. The van der Waals surface area contributed by atoms with E-state index in [1.165, 1.54) is 25.7 Å². The van der Waals surface area contributed by atoms with Crippen LogP contribution in [0.15, 0.2) is 12.7 Å². The Labute approximate surface area is 90.8 Å². The topological polar surface area (TPSA) is 0 Å². The van der Waals surface area contributed by atoms with Crippen LogP contribution in [0.2, 0.25) is 18.6 Å². The minimum Gasteiger partial charge on any atom is -0.131 e. The molecule has 0 spiro atoms. The fraction of sp³-hybridized carbons (Fsp3) is 0.692. The lowest BCUT2D eigenvalue weighted by Crippen LogP contribution is -2.29. The Morgan fingerprint density at radius 3 is 2.43 bits per heavy atom. The summed E-state index contributed by atoms with van der Waals surface area (Å²) >= 11 is 0. The Bertz CT molecular complexity index is 217. The van der Waals surface area contributed by atoms with Crippen molar-refractivity contribution < 1.29 is 0 Å². The van der Waals surface area contributed by atoms with Crippen molar-refractivity contribution in [2.75, 3.05) is 0 Å². The van der Waals surface area contributed by atoms with Crippen molar-refractivity contribution in [2.45, 2.75) is 58.2 Å². The van der Waals surface area contributed by atoms with E-state index in [4.69, 9.17) is 0 Å². The van der Waals surface area contributed by atoms with Crippen molar-refractivity contribution in [3.05, 3.63) is 12.7 Å². The summed E-state index contributed by atoms with van der Waals surface area (Å²) < 4.78 is 0. The van der Waals surface area contributed by atoms with Crippen LogP contribution in [0.5, 0.6) is 0 Å². The number of allylic oxidation sites excluding steroid dienone is 1. The molecule has 14 heavy (non-hydrogen) atoms. The first kappa shape index (κ1) is 13.5. The predicted molar refractivity (Wildman–Crippen MR) is 69.0 cm³/mol. The fourth-order valence-electron chi connectivity index (χ4n) is 1.80. The average molecular weight is 208 g/mol. The largest absolute Gasteiger partial charge is 0.139 e. The Morgan fingerprint density at radius 2 is 2.00 bits per heavy atom. The maximum Gasteiger partial charge on any atom is 0.139 e. The van der Waals surface area contributed by atoms with E-state index in [1.807, 2.05) is 6.92 Å². The summed E-state index contributed by atoms with van der Waals surface area (Å²) in [7, 11) is -1.36. The Balaban J connectivity index is 4.22. The number of unbranched alkanes of at least 4 members (excludes halogenated alkanes) is 2. The van der Waals surface area contributed by atoms with Crippen molar-refractivity contribution in [3.63, 3.8) is 0 Å². The molecule has 1 heteroatoms. The van der Waals surface area contributed by atoms with Gasteiger partial charge in [0.25, 0.3) is 0 Å². The second-order valence-corrected chi connectivity index (χ2v) is 8.87. The molecule has 80 valence electrons. The molecule has 0 aromatic rings. The SMILES string of the molecule is C=CC(CCCCC)[Si](C)(C)C#CC. The van der Waals surface area contributed by atoms with Crippen molar-refractivity contribution in [2.24, 2.45) is 0 Å². The summed E-state index contributed by atoms with van der Waals surface area (Å²) in [6.07, 6.45) is 7.38. The molecule has 0 amide bonds. The van der Waals surface area contributed by atoms with Crippen molar-refractivity contribution in [1.82, 2.24) is 0 Å². The first-order valence-electron chi connectivity index (χ1n) is 5.65. The molecular formula is C13H24Si. The summed E-state index contributed by atoms with van der Waals surface area (Å²) in [6.45, 7) is 12.8. The zero-order valence-electron chi connectivity index (χ0n) is 10.2. The first-order chi connectivity index (χ1) is 6.58. The predicted octanol–water partition coefficient (Wildman–Crippen LogP) is 4.39. The number of hydrogen-bond donors (Lipinski definition) is 0. The molecule has 0 fully saturated rings. The van der Waals surface area contributed by atoms with Crippen molar-refractivity contribution >= 4 is 8.07 Å². The highest BCUT2D eigenvalue weighted by molar-refractivity contribution is 6.86. The summed E-state index contributed by atoms with van der Waals surface area (Å²) in [6, 6.07) is 0. The Kier molecular flexibility index (Phi) is 6.66. The van der Waals surface area contributed by atoms with Crippen LogP contribution in [-0.2, 0) is 0 Å². The van der Waals surface area contributed by atoms with E-state index >= 15 is 0 Å². The van der Waals surface area contributed by atoms with Gasteiger partial charge < -0.3 is 0 Å². The fourth-order valence-corrected chi connectivity index (χ4v) is 4.15. The van der Waals surface area contributed by atoms with E-state index in [0.29, 0.717) is 5.54 Å². The van der Waals surface area contributed by atoms with E-state index in [9.17, 15) is 0 Å². The second kappa shape index (κ2) is 6.90. The van der Waals surface area contributed by atoms with E-state index in [2.05, 4.69) is 44.1 Å². The van der Waals surface area contributed by atoms with E-state index in [-0.39, 0.29) is 0 Å². The molecule has 0 aromatic carbocycles. The lowest BCUT2D eigenvalue weighted by molar-refractivity contribution is 0.667.